The van der Waals surface area contributed by atoms with Crippen LogP contribution in [0.2, 0.25) is 0 Å². The predicted molar refractivity (Wildman–Crippen MR) is 104 cm³/mol. The van der Waals surface area contributed by atoms with Crippen molar-refractivity contribution < 1.29 is 14.2 Å². The van der Waals surface area contributed by atoms with Crippen molar-refractivity contribution in [3.63, 3.8) is 0 Å². The zero-order valence-electron chi connectivity index (χ0n) is 17.3. The van der Waals surface area contributed by atoms with Gasteiger partial charge in [-0.25, -0.2) is 0 Å². The monoisotopic (exact) mass is 374 g/mol. The van der Waals surface area contributed by atoms with E-state index in [1.807, 2.05) is 14.2 Å². The van der Waals surface area contributed by atoms with Gasteiger partial charge in [0.1, 0.15) is 0 Å². The Kier molecular flexibility index (Phi) is 4.06. The Morgan fingerprint density at radius 2 is 0.778 bits per heavy atom. The molecule has 0 radical (unpaired) electrons. The molecule has 8 saturated carbocycles. The van der Waals surface area contributed by atoms with E-state index >= 15 is 0 Å². The maximum absolute atomic E-state index is 6.87. The fourth-order valence-electron chi connectivity index (χ4n) is 9.94. The molecule has 0 aromatic carbocycles. The average Bonchev–Trinajstić information content (AvgIpc) is 2.60. The molecule has 3 heteroatoms. The first-order valence-electron chi connectivity index (χ1n) is 11.8. The molecule has 0 heterocycles. The highest BCUT2D eigenvalue weighted by Crippen LogP contribution is 2.64. The highest BCUT2D eigenvalue weighted by atomic mass is 16.8. The molecule has 0 spiro atoms. The van der Waals surface area contributed by atoms with Gasteiger partial charge < -0.3 is 14.2 Å². The standard InChI is InChI=1S/C24H38O3/c1-25-21(23-9-15-3-16(10-23)5-17(4-15)11-23)27-22(26-2)24-12-18-6-19(13-24)8-20(7-18)14-24/h15-22H,3-14H2,1-2H3. The quantitative estimate of drug-likeness (QED) is 0.584. The van der Waals surface area contributed by atoms with Crippen molar-refractivity contribution in [2.75, 3.05) is 14.2 Å². The van der Waals surface area contributed by atoms with Crippen molar-refractivity contribution in [3.05, 3.63) is 0 Å². The van der Waals surface area contributed by atoms with Crippen LogP contribution in [0.1, 0.15) is 77.0 Å². The topological polar surface area (TPSA) is 27.7 Å². The molecule has 8 fully saturated rings. The van der Waals surface area contributed by atoms with Gasteiger partial charge in [-0.3, -0.25) is 0 Å². The van der Waals surface area contributed by atoms with Gasteiger partial charge in [0.05, 0.1) is 0 Å². The lowest BCUT2D eigenvalue weighted by Crippen LogP contribution is -2.57. The Balaban J connectivity index is 1.25. The van der Waals surface area contributed by atoms with Crippen LogP contribution in [0.4, 0.5) is 0 Å². The van der Waals surface area contributed by atoms with Gasteiger partial charge in [-0.2, -0.15) is 0 Å². The summed E-state index contributed by atoms with van der Waals surface area (Å²) in [5.74, 6) is 5.57. The third-order valence-corrected chi connectivity index (χ3v) is 9.85. The SMILES string of the molecule is COC(OC(OC)C12CC3CC(CC(C3)C1)C2)C12CC3CC(CC(C3)C1)C2. The van der Waals surface area contributed by atoms with E-state index in [4.69, 9.17) is 14.2 Å². The number of rotatable bonds is 6. The van der Waals surface area contributed by atoms with Crippen LogP contribution < -0.4 is 0 Å². The summed E-state index contributed by atoms with van der Waals surface area (Å²) >= 11 is 0. The van der Waals surface area contributed by atoms with Crippen LogP contribution in [0.25, 0.3) is 0 Å². The number of hydrogen-bond donors (Lipinski definition) is 0. The van der Waals surface area contributed by atoms with Crippen molar-refractivity contribution in [1.29, 1.82) is 0 Å². The van der Waals surface area contributed by atoms with Gasteiger partial charge in [-0.05, 0) is 113 Å². The van der Waals surface area contributed by atoms with E-state index in [1.54, 1.807) is 0 Å². The fourth-order valence-corrected chi connectivity index (χ4v) is 9.94. The van der Waals surface area contributed by atoms with Crippen LogP contribution in [0, 0.1) is 46.3 Å². The van der Waals surface area contributed by atoms with Crippen molar-refractivity contribution in [1.82, 2.24) is 0 Å². The molecule has 8 aliphatic carbocycles. The second-order valence-electron chi connectivity index (χ2n) is 11.8. The zero-order chi connectivity index (χ0) is 18.2. The lowest BCUT2D eigenvalue weighted by Gasteiger charge is -2.61. The van der Waals surface area contributed by atoms with Crippen molar-refractivity contribution >= 4 is 0 Å². The molecule has 0 saturated heterocycles. The van der Waals surface area contributed by atoms with E-state index in [9.17, 15) is 0 Å². The second-order valence-corrected chi connectivity index (χ2v) is 11.8. The molecule has 8 rings (SSSR count). The fraction of sp³-hybridized carbons (Fsp3) is 1.00. The molecule has 8 aliphatic rings. The minimum atomic E-state index is -0.0659. The van der Waals surface area contributed by atoms with Gasteiger partial charge >= 0.3 is 0 Å². The average molecular weight is 375 g/mol. The largest absolute Gasteiger partial charge is 0.355 e. The van der Waals surface area contributed by atoms with Gasteiger partial charge in [0.25, 0.3) is 0 Å². The van der Waals surface area contributed by atoms with Gasteiger partial charge in [-0.15, -0.1) is 0 Å². The molecule has 8 bridgehead atoms. The van der Waals surface area contributed by atoms with Crippen LogP contribution in [-0.2, 0) is 14.2 Å². The van der Waals surface area contributed by atoms with E-state index in [1.165, 1.54) is 77.0 Å². The predicted octanol–water partition coefficient (Wildman–Crippen LogP) is 5.38. The van der Waals surface area contributed by atoms with Crippen LogP contribution >= 0.6 is 0 Å². The molecule has 27 heavy (non-hydrogen) atoms. The first-order valence-corrected chi connectivity index (χ1v) is 11.8. The molecule has 3 nitrogen and oxygen atoms in total. The van der Waals surface area contributed by atoms with Crippen molar-refractivity contribution in [2.45, 2.75) is 89.6 Å². The van der Waals surface area contributed by atoms with Gasteiger partial charge in [0.15, 0.2) is 12.6 Å². The van der Waals surface area contributed by atoms with Gasteiger partial charge in [-0.1, -0.05) is 0 Å². The zero-order valence-corrected chi connectivity index (χ0v) is 17.3. The molecule has 2 atom stereocenters. The molecule has 0 amide bonds. The molecular formula is C24H38O3. The maximum atomic E-state index is 6.87. The van der Waals surface area contributed by atoms with Crippen LogP contribution in [0.5, 0.6) is 0 Å². The number of methoxy groups -OCH3 is 2. The summed E-state index contributed by atoms with van der Waals surface area (Å²) in [7, 11) is 3.77. The van der Waals surface area contributed by atoms with Gasteiger partial charge in [0.2, 0.25) is 0 Å². The maximum Gasteiger partial charge on any atom is 0.165 e. The van der Waals surface area contributed by atoms with E-state index in [0.29, 0.717) is 0 Å². The molecule has 152 valence electrons. The Morgan fingerprint density at radius 1 is 0.519 bits per heavy atom. The summed E-state index contributed by atoms with van der Waals surface area (Å²) < 4.78 is 19.1. The van der Waals surface area contributed by atoms with Crippen molar-refractivity contribution in [3.8, 4) is 0 Å². The van der Waals surface area contributed by atoms with Gasteiger partial charge in [0, 0.05) is 25.0 Å². The first-order chi connectivity index (χ1) is 13.1. The van der Waals surface area contributed by atoms with Crippen LogP contribution in [0.15, 0.2) is 0 Å². The summed E-state index contributed by atoms with van der Waals surface area (Å²) in [6, 6.07) is 0. The lowest BCUT2D eigenvalue weighted by molar-refractivity contribution is -0.334. The van der Waals surface area contributed by atoms with E-state index in [2.05, 4.69) is 0 Å². The molecular weight excluding hydrogens is 336 g/mol. The highest BCUT2D eigenvalue weighted by Gasteiger charge is 2.59. The Labute approximate surface area is 164 Å². The van der Waals surface area contributed by atoms with Crippen LogP contribution in [-0.4, -0.2) is 26.8 Å². The summed E-state index contributed by atoms with van der Waals surface area (Å²) in [6.45, 7) is 0. The number of hydrogen-bond acceptors (Lipinski definition) is 3. The Bertz CT molecular complexity index is 464. The molecule has 0 aromatic rings. The third kappa shape index (κ3) is 2.70. The van der Waals surface area contributed by atoms with Crippen molar-refractivity contribution in [2.24, 2.45) is 46.3 Å². The van der Waals surface area contributed by atoms with Crippen LogP contribution in [0.3, 0.4) is 0 Å². The van der Waals surface area contributed by atoms with E-state index < -0.39 is 0 Å². The lowest BCUT2D eigenvalue weighted by atomic mass is 9.49. The minimum absolute atomic E-state index is 0.0659. The Morgan fingerprint density at radius 3 is 1.00 bits per heavy atom. The Hall–Kier alpha value is -0.120. The third-order valence-electron chi connectivity index (χ3n) is 9.85. The highest BCUT2D eigenvalue weighted by molar-refractivity contribution is 5.05. The van der Waals surface area contributed by atoms with E-state index in [-0.39, 0.29) is 23.4 Å². The molecule has 0 N–H and O–H groups in total. The molecule has 0 aliphatic heterocycles. The molecule has 2 unspecified atom stereocenters. The molecule has 0 aromatic heterocycles. The second kappa shape index (κ2) is 6.19. The summed E-state index contributed by atoms with van der Waals surface area (Å²) in [5, 5.41) is 0. The van der Waals surface area contributed by atoms with E-state index in [0.717, 1.165) is 35.5 Å². The minimum Gasteiger partial charge on any atom is -0.355 e. The summed E-state index contributed by atoms with van der Waals surface area (Å²) in [6.07, 6.45) is 16.7. The normalized spacial score (nSPS) is 54.4. The first kappa shape index (κ1) is 17.7. The summed E-state index contributed by atoms with van der Waals surface area (Å²) in [4.78, 5) is 0. The number of ether oxygens (including phenoxy) is 3. The summed E-state index contributed by atoms with van der Waals surface area (Å²) in [5.41, 5.74) is 0.533. The smallest absolute Gasteiger partial charge is 0.165 e.